The van der Waals surface area contributed by atoms with Crippen LogP contribution in [0.15, 0.2) is 30.3 Å². The minimum Gasteiger partial charge on any atom is -0.356 e. The lowest BCUT2D eigenvalue weighted by Crippen LogP contribution is -2.54. The number of nitrogens with one attached hydrogen (secondary N) is 1. The van der Waals surface area contributed by atoms with Crippen LogP contribution < -0.4 is 5.32 Å². The third kappa shape index (κ3) is 3.57. The number of hydrogen-bond donors (Lipinski definition) is 2. The maximum absolute atomic E-state index is 12.3. The molecule has 2 rings (SSSR count). The third-order valence-corrected chi connectivity index (χ3v) is 3.70. The van der Waals surface area contributed by atoms with Gasteiger partial charge in [0.05, 0.1) is 6.04 Å². The average molecular weight is 308 g/mol. The molecule has 6 heteroatoms. The van der Waals surface area contributed by atoms with E-state index in [0.717, 1.165) is 5.56 Å². The first kappa shape index (κ1) is 15.9. The molecule has 1 aromatic carbocycles. The van der Waals surface area contributed by atoms with Gasteiger partial charge in [-0.3, -0.25) is 9.59 Å². The fourth-order valence-electron chi connectivity index (χ4n) is 2.53. The third-order valence-electron chi connectivity index (χ3n) is 3.48. The lowest BCUT2D eigenvalue weighted by atomic mass is 9.97. The van der Waals surface area contributed by atoms with Crippen molar-refractivity contribution < 1.29 is 14.3 Å². The van der Waals surface area contributed by atoms with Crippen molar-refractivity contribution in [1.29, 1.82) is 0 Å². The Morgan fingerprint density at radius 1 is 1.43 bits per heavy atom. The van der Waals surface area contributed by atoms with Gasteiger partial charge in [0.1, 0.15) is 6.61 Å². The highest BCUT2D eigenvalue weighted by Crippen LogP contribution is 2.30. The van der Waals surface area contributed by atoms with Crippen molar-refractivity contribution in [2.24, 2.45) is 0 Å². The molecular formula is C15H20N2O3S. The standard InChI is InChI=1S/C15H20N2O3S/c1-2-17-12(18)10-20-14(15(19)16-8-9-21)13(17)11-6-4-3-5-7-11/h3-7,13-14,21H,2,8-10H2,1H3,(H,16,19)/t13-,14+/m1/s1. The molecule has 1 heterocycles. The number of carbonyl (C=O) groups is 2. The number of nitrogens with zero attached hydrogens (tertiary/aromatic N) is 1. The molecular weight excluding hydrogens is 288 g/mol. The molecule has 1 aliphatic rings. The minimum absolute atomic E-state index is 0.0594. The zero-order chi connectivity index (χ0) is 15.2. The van der Waals surface area contributed by atoms with E-state index in [-0.39, 0.29) is 18.4 Å². The SMILES string of the molecule is CCN1C(=O)CO[C@H](C(=O)NCCS)[C@H]1c1ccccc1. The molecule has 1 aromatic rings. The van der Waals surface area contributed by atoms with Gasteiger partial charge in [-0.15, -0.1) is 0 Å². The fourth-order valence-corrected chi connectivity index (χ4v) is 2.64. The molecule has 21 heavy (non-hydrogen) atoms. The molecule has 1 fully saturated rings. The highest BCUT2D eigenvalue weighted by atomic mass is 32.1. The summed E-state index contributed by atoms with van der Waals surface area (Å²) >= 11 is 4.08. The predicted octanol–water partition coefficient (Wildman–Crippen LogP) is 1.02. The van der Waals surface area contributed by atoms with Gasteiger partial charge in [-0.05, 0) is 12.5 Å². The Hall–Kier alpha value is -1.53. The number of hydrogen-bond acceptors (Lipinski definition) is 4. The smallest absolute Gasteiger partial charge is 0.251 e. The Kier molecular flexibility index (Phi) is 5.64. The summed E-state index contributed by atoms with van der Waals surface area (Å²) in [6, 6.07) is 9.12. The summed E-state index contributed by atoms with van der Waals surface area (Å²) in [6.07, 6.45) is -0.690. The fraction of sp³-hybridized carbons (Fsp3) is 0.467. The highest BCUT2D eigenvalue weighted by molar-refractivity contribution is 7.80. The molecule has 1 aliphatic heterocycles. The Labute approximate surface area is 130 Å². The maximum atomic E-state index is 12.3. The van der Waals surface area contributed by atoms with Crippen LogP contribution >= 0.6 is 12.6 Å². The number of rotatable bonds is 5. The molecule has 114 valence electrons. The van der Waals surface area contributed by atoms with Crippen molar-refractivity contribution in [3.05, 3.63) is 35.9 Å². The first-order valence-electron chi connectivity index (χ1n) is 7.03. The van der Waals surface area contributed by atoms with E-state index < -0.39 is 12.1 Å². The van der Waals surface area contributed by atoms with Crippen molar-refractivity contribution in [1.82, 2.24) is 10.2 Å². The summed E-state index contributed by atoms with van der Waals surface area (Å²) in [5.74, 6) is 0.263. The highest BCUT2D eigenvalue weighted by Gasteiger charge is 2.40. The Bertz CT molecular complexity index is 495. The monoisotopic (exact) mass is 308 g/mol. The van der Waals surface area contributed by atoms with Gasteiger partial charge in [0.2, 0.25) is 5.91 Å². The van der Waals surface area contributed by atoms with Gasteiger partial charge >= 0.3 is 0 Å². The summed E-state index contributed by atoms with van der Waals surface area (Å²) in [7, 11) is 0. The van der Waals surface area contributed by atoms with E-state index >= 15 is 0 Å². The van der Waals surface area contributed by atoms with Gasteiger partial charge in [0.15, 0.2) is 6.10 Å². The zero-order valence-corrected chi connectivity index (χ0v) is 12.9. The summed E-state index contributed by atoms with van der Waals surface area (Å²) in [4.78, 5) is 26.0. The first-order valence-corrected chi connectivity index (χ1v) is 7.66. The summed E-state index contributed by atoms with van der Waals surface area (Å²) < 4.78 is 5.52. The van der Waals surface area contributed by atoms with E-state index in [2.05, 4.69) is 17.9 Å². The maximum Gasteiger partial charge on any atom is 0.251 e. The number of thiol groups is 1. The van der Waals surface area contributed by atoms with Gasteiger partial charge in [-0.25, -0.2) is 0 Å². The molecule has 0 saturated carbocycles. The van der Waals surface area contributed by atoms with Crippen LogP contribution in [0.25, 0.3) is 0 Å². The second-order valence-corrected chi connectivity index (χ2v) is 5.23. The van der Waals surface area contributed by atoms with E-state index in [0.29, 0.717) is 18.8 Å². The molecule has 2 amide bonds. The van der Waals surface area contributed by atoms with Crippen LogP contribution in [-0.4, -0.2) is 48.3 Å². The number of morpholine rings is 1. The number of amides is 2. The van der Waals surface area contributed by atoms with Gasteiger partial charge < -0.3 is 15.0 Å². The second-order valence-electron chi connectivity index (χ2n) is 4.78. The molecule has 0 spiro atoms. The van der Waals surface area contributed by atoms with E-state index in [9.17, 15) is 9.59 Å². The van der Waals surface area contributed by atoms with Gasteiger partial charge in [0.25, 0.3) is 5.91 Å². The molecule has 1 N–H and O–H groups in total. The molecule has 2 atom stereocenters. The molecule has 0 radical (unpaired) electrons. The van der Waals surface area contributed by atoms with Crippen molar-refractivity contribution in [3.63, 3.8) is 0 Å². The van der Waals surface area contributed by atoms with E-state index in [1.165, 1.54) is 0 Å². The van der Waals surface area contributed by atoms with E-state index in [4.69, 9.17) is 4.74 Å². The first-order chi connectivity index (χ1) is 10.2. The van der Waals surface area contributed by atoms with Crippen LogP contribution in [0.1, 0.15) is 18.5 Å². The van der Waals surface area contributed by atoms with E-state index in [1.807, 2.05) is 37.3 Å². The summed E-state index contributed by atoms with van der Waals surface area (Å²) in [5.41, 5.74) is 0.901. The topological polar surface area (TPSA) is 58.6 Å². The van der Waals surface area contributed by atoms with Crippen LogP contribution in [0.2, 0.25) is 0 Å². The molecule has 0 aromatic heterocycles. The quantitative estimate of drug-likeness (QED) is 0.799. The van der Waals surface area contributed by atoms with Crippen molar-refractivity contribution in [3.8, 4) is 0 Å². The lowest BCUT2D eigenvalue weighted by Gasteiger charge is -2.40. The van der Waals surface area contributed by atoms with Crippen LogP contribution in [-0.2, 0) is 14.3 Å². The number of ether oxygens (including phenoxy) is 1. The van der Waals surface area contributed by atoms with Gasteiger partial charge in [-0.1, -0.05) is 30.3 Å². The largest absolute Gasteiger partial charge is 0.356 e. The minimum atomic E-state index is -0.690. The number of carbonyl (C=O) groups excluding carboxylic acids is 2. The Morgan fingerprint density at radius 2 is 2.14 bits per heavy atom. The predicted molar refractivity (Wildman–Crippen MR) is 83.2 cm³/mol. The van der Waals surface area contributed by atoms with Gasteiger partial charge in [0, 0.05) is 18.8 Å². The average Bonchev–Trinajstić information content (AvgIpc) is 2.53. The Morgan fingerprint density at radius 3 is 2.76 bits per heavy atom. The molecule has 1 saturated heterocycles. The van der Waals surface area contributed by atoms with Crippen LogP contribution in [0, 0.1) is 0 Å². The zero-order valence-electron chi connectivity index (χ0n) is 12.0. The van der Waals surface area contributed by atoms with Crippen molar-refractivity contribution in [2.45, 2.75) is 19.1 Å². The lowest BCUT2D eigenvalue weighted by molar-refractivity contribution is -0.164. The Balaban J connectivity index is 2.29. The molecule has 0 bridgehead atoms. The van der Waals surface area contributed by atoms with Crippen molar-refractivity contribution >= 4 is 24.4 Å². The molecule has 0 aliphatic carbocycles. The van der Waals surface area contributed by atoms with E-state index in [1.54, 1.807) is 4.90 Å². The van der Waals surface area contributed by atoms with Crippen LogP contribution in [0.4, 0.5) is 0 Å². The second kappa shape index (κ2) is 7.47. The normalized spacial score (nSPS) is 22.2. The summed E-state index contributed by atoms with van der Waals surface area (Å²) in [6.45, 7) is 2.86. The number of benzene rings is 1. The van der Waals surface area contributed by atoms with Crippen LogP contribution in [0.3, 0.4) is 0 Å². The van der Waals surface area contributed by atoms with Crippen LogP contribution in [0.5, 0.6) is 0 Å². The molecule has 0 unspecified atom stereocenters. The molecule has 5 nitrogen and oxygen atoms in total. The van der Waals surface area contributed by atoms with Crippen molar-refractivity contribution in [2.75, 3.05) is 25.4 Å². The summed E-state index contributed by atoms with van der Waals surface area (Å²) in [5, 5.41) is 2.78. The van der Waals surface area contributed by atoms with Gasteiger partial charge in [-0.2, -0.15) is 12.6 Å². The number of likely N-dealkylation sites (N-methyl/N-ethyl adjacent to an activating group) is 1.